The van der Waals surface area contributed by atoms with E-state index in [-0.39, 0.29) is 0 Å². The van der Waals surface area contributed by atoms with E-state index in [0.29, 0.717) is 0 Å². The molecule has 0 aliphatic heterocycles. The second-order valence-corrected chi connectivity index (χ2v) is 3.40. The van der Waals surface area contributed by atoms with Gasteiger partial charge in [0.1, 0.15) is 5.82 Å². The maximum atomic E-state index is 4.46. The summed E-state index contributed by atoms with van der Waals surface area (Å²) in [7, 11) is 3.95. The van der Waals surface area contributed by atoms with E-state index in [1.165, 1.54) is 5.56 Å². The molecule has 2 nitrogen and oxygen atoms in total. The number of rotatable bonds is 3. The van der Waals surface area contributed by atoms with Crippen LogP contribution in [0.5, 0.6) is 0 Å². The van der Waals surface area contributed by atoms with Crippen molar-refractivity contribution in [2.45, 2.75) is 6.92 Å². The molecule has 14 heavy (non-hydrogen) atoms. The molecule has 0 aliphatic carbocycles. The molecule has 0 spiro atoms. The van der Waals surface area contributed by atoms with Crippen LogP contribution in [0.15, 0.2) is 19.2 Å². The van der Waals surface area contributed by atoms with Gasteiger partial charge in [0.05, 0.1) is 5.69 Å². The van der Waals surface area contributed by atoms with Gasteiger partial charge in [-0.3, -0.25) is 0 Å². The Bertz CT molecular complexity index is 365. The number of nitrogens with zero attached hydrogens (tertiary/aromatic N) is 2. The summed E-state index contributed by atoms with van der Waals surface area (Å²) in [5.74, 6) is 0.947. The van der Waals surface area contributed by atoms with Crippen LogP contribution in [0.4, 0.5) is 5.82 Å². The number of hydrogen-bond acceptors (Lipinski definition) is 2. The van der Waals surface area contributed by atoms with Gasteiger partial charge in [0.2, 0.25) is 0 Å². The van der Waals surface area contributed by atoms with Crippen molar-refractivity contribution in [2.24, 2.45) is 0 Å². The fourth-order valence-corrected chi connectivity index (χ4v) is 1.34. The summed E-state index contributed by atoms with van der Waals surface area (Å²) >= 11 is 0. The lowest BCUT2D eigenvalue weighted by atomic mass is 10.1. The maximum absolute atomic E-state index is 4.46. The summed E-state index contributed by atoms with van der Waals surface area (Å²) in [6.07, 6.45) is 3.58. The first-order valence-electron chi connectivity index (χ1n) is 4.54. The van der Waals surface area contributed by atoms with Crippen LogP contribution in [0.25, 0.3) is 12.2 Å². The molecule has 0 N–H and O–H groups in total. The zero-order chi connectivity index (χ0) is 10.7. The smallest absolute Gasteiger partial charge is 0.128 e. The summed E-state index contributed by atoms with van der Waals surface area (Å²) in [5, 5.41) is 0. The van der Waals surface area contributed by atoms with Gasteiger partial charge in [0.25, 0.3) is 0 Å². The van der Waals surface area contributed by atoms with Crippen LogP contribution in [0.3, 0.4) is 0 Å². The van der Waals surface area contributed by atoms with Gasteiger partial charge in [-0.15, -0.1) is 0 Å². The van der Waals surface area contributed by atoms with Gasteiger partial charge in [-0.1, -0.05) is 19.2 Å². The first-order valence-corrected chi connectivity index (χ1v) is 4.54. The van der Waals surface area contributed by atoms with Crippen LogP contribution in [0, 0.1) is 6.92 Å². The molecule has 0 unspecified atom stereocenters. The molecule has 0 saturated carbocycles. The predicted octanol–water partition coefficient (Wildman–Crippen LogP) is 2.74. The monoisotopic (exact) mass is 188 g/mol. The molecule has 1 aromatic heterocycles. The number of aromatic nitrogens is 1. The van der Waals surface area contributed by atoms with E-state index in [1.807, 2.05) is 31.1 Å². The number of anilines is 1. The lowest BCUT2D eigenvalue weighted by Gasteiger charge is -2.14. The van der Waals surface area contributed by atoms with E-state index in [0.717, 1.165) is 17.1 Å². The molecule has 0 aliphatic rings. The van der Waals surface area contributed by atoms with Crippen LogP contribution >= 0.6 is 0 Å². The quantitative estimate of drug-likeness (QED) is 0.725. The van der Waals surface area contributed by atoms with Crippen molar-refractivity contribution in [1.29, 1.82) is 0 Å². The molecular weight excluding hydrogens is 172 g/mol. The van der Waals surface area contributed by atoms with Crippen LogP contribution in [-0.4, -0.2) is 19.1 Å². The molecule has 0 bridgehead atoms. The molecule has 1 heterocycles. The minimum absolute atomic E-state index is 0.892. The topological polar surface area (TPSA) is 16.1 Å². The van der Waals surface area contributed by atoms with Crippen molar-refractivity contribution in [3.05, 3.63) is 36.0 Å². The van der Waals surface area contributed by atoms with Crippen LogP contribution in [-0.2, 0) is 0 Å². The standard InChI is InChI=1S/C12H16N2/c1-6-10-9(3)8-12(14(4)5)13-11(10)7-2/h6-8H,1-2H2,3-5H3. The Hall–Kier alpha value is -1.57. The average molecular weight is 188 g/mol. The molecule has 2 heteroatoms. The van der Waals surface area contributed by atoms with Gasteiger partial charge in [0.15, 0.2) is 0 Å². The summed E-state index contributed by atoms with van der Waals surface area (Å²) in [4.78, 5) is 6.44. The van der Waals surface area contributed by atoms with Crippen molar-refractivity contribution in [3.63, 3.8) is 0 Å². The van der Waals surface area contributed by atoms with Crippen molar-refractivity contribution in [2.75, 3.05) is 19.0 Å². The van der Waals surface area contributed by atoms with E-state index < -0.39 is 0 Å². The van der Waals surface area contributed by atoms with Crippen molar-refractivity contribution < 1.29 is 0 Å². The highest BCUT2D eigenvalue weighted by Gasteiger charge is 2.05. The van der Waals surface area contributed by atoms with E-state index in [4.69, 9.17) is 0 Å². The van der Waals surface area contributed by atoms with Gasteiger partial charge in [-0.2, -0.15) is 0 Å². The summed E-state index contributed by atoms with van der Waals surface area (Å²) in [6.45, 7) is 9.58. The molecule has 0 aromatic carbocycles. The van der Waals surface area contributed by atoms with Gasteiger partial charge in [-0.25, -0.2) is 4.98 Å². The molecule has 0 atom stereocenters. The normalized spacial score (nSPS) is 9.64. The SMILES string of the molecule is C=Cc1nc(N(C)C)cc(C)c1C=C. The number of hydrogen-bond donors (Lipinski definition) is 0. The first kappa shape index (κ1) is 10.5. The van der Waals surface area contributed by atoms with Gasteiger partial charge >= 0.3 is 0 Å². The zero-order valence-electron chi connectivity index (χ0n) is 9.04. The van der Waals surface area contributed by atoms with E-state index >= 15 is 0 Å². The highest BCUT2D eigenvalue weighted by molar-refractivity contribution is 5.66. The number of pyridine rings is 1. The van der Waals surface area contributed by atoms with Crippen molar-refractivity contribution in [3.8, 4) is 0 Å². The Kier molecular flexibility index (Phi) is 3.07. The molecule has 0 fully saturated rings. The minimum Gasteiger partial charge on any atom is -0.363 e. The fraction of sp³-hybridized carbons (Fsp3) is 0.250. The second-order valence-electron chi connectivity index (χ2n) is 3.40. The van der Waals surface area contributed by atoms with E-state index in [1.54, 1.807) is 6.08 Å². The average Bonchev–Trinajstić information content (AvgIpc) is 2.16. The van der Waals surface area contributed by atoms with Gasteiger partial charge in [0, 0.05) is 19.7 Å². The molecule has 0 radical (unpaired) electrons. The van der Waals surface area contributed by atoms with E-state index in [9.17, 15) is 0 Å². The fourth-order valence-electron chi connectivity index (χ4n) is 1.34. The highest BCUT2D eigenvalue weighted by atomic mass is 15.1. The Balaban J connectivity index is 3.38. The lowest BCUT2D eigenvalue weighted by Crippen LogP contribution is -2.12. The largest absolute Gasteiger partial charge is 0.363 e. The van der Waals surface area contributed by atoms with Crippen molar-refractivity contribution in [1.82, 2.24) is 4.98 Å². The first-order chi connectivity index (χ1) is 6.60. The van der Waals surface area contributed by atoms with Gasteiger partial charge < -0.3 is 4.90 Å². The van der Waals surface area contributed by atoms with Crippen LogP contribution < -0.4 is 4.90 Å². The third-order valence-corrected chi connectivity index (χ3v) is 2.14. The lowest BCUT2D eigenvalue weighted by molar-refractivity contribution is 1.05. The molecule has 0 amide bonds. The number of aryl methyl sites for hydroxylation is 1. The molecule has 1 aromatic rings. The molecule has 74 valence electrons. The molecular formula is C12H16N2. The Morgan fingerprint density at radius 2 is 1.93 bits per heavy atom. The third kappa shape index (κ3) is 1.84. The van der Waals surface area contributed by atoms with Crippen LogP contribution in [0.1, 0.15) is 16.8 Å². The third-order valence-electron chi connectivity index (χ3n) is 2.14. The Morgan fingerprint density at radius 1 is 1.29 bits per heavy atom. The van der Waals surface area contributed by atoms with Crippen LogP contribution in [0.2, 0.25) is 0 Å². The predicted molar refractivity (Wildman–Crippen MR) is 63.5 cm³/mol. The summed E-state index contributed by atoms with van der Waals surface area (Å²) < 4.78 is 0. The van der Waals surface area contributed by atoms with E-state index in [2.05, 4.69) is 25.1 Å². The van der Waals surface area contributed by atoms with Crippen molar-refractivity contribution >= 4 is 18.0 Å². The summed E-state index contributed by atoms with van der Waals surface area (Å²) in [6, 6.07) is 2.05. The van der Waals surface area contributed by atoms with Gasteiger partial charge in [-0.05, 0) is 24.6 Å². The Labute approximate surface area is 85.6 Å². The Morgan fingerprint density at radius 3 is 2.36 bits per heavy atom. The molecule has 0 saturated heterocycles. The second kappa shape index (κ2) is 4.09. The molecule has 1 rings (SSSR count). The summed E-state index contributed by atoms with van der Waals surface area (Å²) in [5.41, 5.74) is 3.13. The zero-order valence-corrected chi connectivity index (χ0v) is 9.04. The minimum atomic E-state index is 0.892. The highest BCUT2D eigenvalue weighted by Crippen LogP contribution is 2.20. The maximum Gasteiger partial charge on any atom is 0.128 e.